The van der Waals surface area contributed by atoms with Gasteiger partial charge in [-0.25, -0.2) is 4.85 Å². The van der Waals surface area contributed by atoms with E-state index < -0.39 is 0 Å². The van der Waals surface area contributed by atoms with E-state index in [0.717, 1.165) is 15.4 Å². The fraction of sp³-hybridized carbons (Fsp3) is 0.100. The molecule has 0 aliphatic carbocycles. The monoisotopic (exact) mass is 234 g/mol. The van der Waals surface area contributed by atoms with E-state index in [1.807, 2.05) is 36.0 Å². The Morgan fingerprint density at radius 2 is 2.23 bits per heavy atom. The molecular formula is C10H7BrN2. The molecule has 1 heterocycles. The van der Waals surface area contributed by atoms with Gasteiger partial charge in [0.05, 0.1) is 6.57 Å². The Kier molecular flexibility index (Phi) is 1.86. The highest BCUT2D eigenvalue weighted by Gasteiger charge is 2.05. The van der Waals surface area contributed by atoms with Crippen LogP contribution in [0.15, 0.2) is 28.9 Å². The van der Waals surface area contributed by atoms with Crippen LogP contribution in [0.4, 0.5) is 5.69 Å². The molecule has 0 saturated carbocycles. The standard InChI is InChI=1S/C10H7BrN2/c1-12-9-6-13(2)10-4-3-7(11)5-8(9)10/h3-6H,2H3. The van der Waals surface area contributed by atoms with Gasteiger partial charge in [-0.1, -0.05) is 15.9 Å². The van der Waals surface area contributed by atoms with Gasteiger partial charge < -0.3 is 4.57 Å². The van der Waals surface area contributed by atoms with Crippen LogP contribution in [0.1, 0.15) is 0 Å². The van der Waals surface area contributed by atoms with Crippen LogP contribution in [0, 0.1) is 6.57 Å². The van der Waals surface area contributed by atoms with Crippen molar-refractivity contribution in [2.24, 2.45) is 7.05 Å². The first-order valence-corrected chi connectivity index (χ1v) is 4.63. The van der Waals surface area contributed by atoms with Gasteiger partial charge in [0.25, 0.3) is 0 Å². The minimum Gasteiger partial charge on any atom is -0.362 e. The summed E-state index contributed by atoms with van der Waals surface area (Å²) in [5, 5.41) is 1.01. The average Bonchev–Trinajstić information content (AvgIpc) is 2.42. The normalized spacial score (nSPS) is 10.2. The maximum atomic E-state index is 7.01. The van der Waals surface area contributed by atoms with Gasteiger partial charge in [-0.2, -0.15) is 0 Å². The molecule has 2 rings (SSSR count). The first-order chi connectivity index (χ1) is 6.22. The van der Waals surface area contributed by atoms with Crippen molar-refractivity contribution >= 4 is 32.5 Å². The van der Waals surface area contributed by atoms with Crippen molar-refractivity contribution in [3.8, 4) is 0 Å². The summed E-state index contributed by atoms with van der Waals surface area (Å²) in [6, 6.07) is 5.97. The van der Waals surface area contributed by atoms with Gasteiger partial charge >= 0.3 is 0 Å². The van der Waals surface area contributed by atoms with Crippen LogP contribution in [-0.4, -0.2) is 4.57 Å². The van der Waals surface area contributed by atoms with Crippen LogP contribution in [0.2, 0.25) is 0 Å². The molecule has 0 aliphatic rings. The van der Waals surface area contributed by atoms with E-state index in [0.29, 0.717) is 5.69 Å². The van der Waals surface area contributed by atoms with Crippen molar-refractivity contribution < 1.29 is 0 Å². The zero-order valence-corrected chi connectivity index (χ0v) is 8.67. The van der Waals surface area contributed by atoms with E-state index >= 15 is 0 Å². The van der Waals surface area contributed by atoms with Crippen LogP contribution in [0.3, 0.4) is 0 Å². The molecule has 0 bridgehead atoms. The molecule has 0 aliphatic heterocycles. The predicted molar refractivity (Wildman–Crippen MR) is 56.9 cm³/mol. The number of aromatic nitrogens is 1. The molecule has 1 aromatic heterocycles. The van der Waals surface area contributed by atoms with Gasteiger partial charge in [0.2, 0.25) is 5.69 Å². The van der Waals surface area contributed by atoms with E-state index in [4.69, 9.17) is 6.57 Å². The van der Waals surface area contributed by atoms with E-state index in [9.17, 15) is 0 Å². The molecule has 0 spiro atoms. The number of hydrogen-bond acceptors (Lipinski definition) is 0. The third kappa shape index (κ3) is 1.24. The summed E-state index contributed by atoms with van der Waals surface area (Å²) in [7, 11) is 1.95. The number of rotatable bonds is 0. The van der Waals surface area contributed by atoms with Gasteiger partial charge in [0, 0.05) is 28.6 Å². The molecular weight excluding hydrogens is 228 g/mol. The van der Waals surface area contributed by atoms with E-state index in [-0.39, 0.29) is 0 Å². The summed E-state index contributed by atoms with van der Waals surface area (Å²) in [6.07, 6.45) is 1.85. The summed E-state index contributed by atoms with van der Waals surface area (Å²) >= 11 is 3.39. The second-order valence-corrected chi connectivity index (χ2v) is 3.81. The van der Waals surface area contributed by atoms with Crippen molar-refractivity contribution in [3.63, 3.8) is 0 Å². The molecule has 0 atom stereocenters. The van der Waals surface area contributed by atoms with Crippen LogP contribution in [-0.2, 0) is 7.05 Å². The number of fused-ring (bicyclic) bond motifs is 1. The topological polar surface area (TPSA) is 9.29 Å². The van der Waals surface area contributed by atoms with Crippen molar-refractivity contribution in [1.82, 2.24) is 4.57 Å². The largest absolute Gasteiger partial charge is 0.362 e. The minimum atomic E-state index is 0.707. The minimum absolute atomic E-state index is 0.707. The van der Waals surface area contributed by atoms with E-state index in [1.54, 1.807) is 0 Å². The fourth-order valence-electron chi connectivity index (χ4n) is 1.43. The molecule has 1 aromatic carbocycles. The van der Waals surface area contributed by atoms with Crippen molar-refractivity contribution in [3.05, 3.63) is 40.3 Å². The molecule has 2 aromatic rings. The van der Waals surface area contributed by atoms with Crippen LogP contribution in [0.25, 0.3) is 15.7 Å². The number of hydrogen-bond donors (Lipinski definition) is 0. The third-order valence-electron chi connectivity index (χ3n) is 2.05. The zero-order chi connectivity index (χ0) is 9.42. The number of aryl methyl sites for hydroxylation is 1. The molecule has 0 N–H and O–H groups in total. The summed E-state index contributed by atoms with van der Waals surface area (Å²) in [5.41, 5.74) is 1.80. The van der Waals surface area contributed by atoms with Gasteiger partial charge in [0.1, 0.15) is 0 Å². The molecule has 0 amide bonds. The lowest BCUT2D eigenvalue weighted by molar-refractivity contribution is 0.971. The Hall–Kier alpha value is -1.27. The number of halogens is 1. The van der Waals surface area contributed by atoms with Crippen molar-refractivity contribution in [2.75, 3.05) is 0 Å². The molecule has 3 heteroatoms. The van der Waals surface area contributed by atoms with Crippen molar-refractivity contribution in [1.29, 1.82) is 0 Å². The highest BCUT2D eigenvalue weighted by molar-refractivity contribution is 9.10. The first-order valence-electron chi connectivity index (χ1n) is 3.84. The van der Waals surface area contributed by atoms with Crippen LogP contribution >= 0.6 is 15.9 Å². The van der Waals surface area contributed by atoms with Gasteiger partial charge in [-0.3, -0.25) is 0 Å². The Labute approximate surface area is 84.7 Å². The average molecular weight is 235 g/mol. The van der Waals surface area contributed by atoms with Gasteiger partial charge in [-0.15, -0.1) is 0 Å². The second kappa shape index (κ2) is 2.90. The smallest absolute Gasteiger partial charge is 0.212 e. The highest BCUT2D eigenvalue weighted by Crippen LogP contribution is 2.29. The Balaban J connectivity index is 2.91. The quantitative estimate of drug-likeness (QED) is 0.618. The Bertz CT molecular complexity index is 505. The first kappa shape index (κ1) is 8.33. The number of benzene rings is 1. The van der Waals surface area contributed by atoms with Crippen LogP contribution in [0.5, 0.6) is 0 Å². The molecule has 0 unspecified atom stereocenters. The van der Waals surface area contributed by atoms with Crippen LogP contribution < -0.4 is 0 Å². The third-order valence-corrected chi connectivity index (χ3v) is 2.54. The molecule has 0 saturated heterocycles. The molecule has 0 fully saturated rings. The van der Waals surface area contributed by atoms with E-state index in [2.05, 4.69) is 20.8 Å². The van der Waals surface area contributed by atoms with Gasteiger partial charge in [0.15, 0.2) is 0 Å². The maximum Gasteiger partial charge on any atom is 0.212 e. The summed E-state index contributed by atoms with van der Waals surface area (Å²) in [4.78, 5) is 3.47. The fourth-order valence-corrected chi connectivity index (χ4v) is 1.79. The predicted octanol–water partition coefficient (Wildman–Crippen LogP) is 3.49. The zero-order valence-electron chi connectivity index (χ0n) is 7.08. The lowest BCUT2D eigenvalue weighted by Crippen LogP contribution is -1.82. The highest BCUT2D eigenvalue weighted by atomic mass is 79.9. The maximum absolute atomic E-state index is 7.01. The number of nitrogens with zero attached hydrogens (tertiary/aromatic N) is 2. The van der Waals surface area contributed by atoms with Crippen molar-refractivity contribution in [2.45, 2.75) is 0 Å². The SMILES string of the molecule is [C-]#[N+]c1cn(C)c2ccc(Br)cc12. The Morgan fingerprint density at radius 3 is 2.92 bits per heavy atom. The summed E-state index contributed by atoms with van der Waals surface area (Å²) < 4.78 is 2.98. The summed E-state index contributed by atoms with van der Waals surface area (Å²) in [6.45, 7) is 7.01. The van der Waals surface area contributed by atoms with E-state index in [1.165, 1.54) is 0 Å². The lowest BCUT2D eigenvalue weighted by atomic mass is 10.2. The lowest BCUT2D eigenvalue weighted by Gasteiger charge is -1.95. The summed E-state index contributed by atoms with van der Waals surface area (Å²) in [5.74, 6) is 0. The molecule has 13 heavy (non-hydrogen) atoms. The second-order valence-electron chi connectivity index (χ2n) is 2.90. The molecule has 64 valence electrons. The Morgan fingerprint density at radius 1 is 1.46 bits per heavy atom. The molecule has 0 radical (unpaired) electrons. The van der Waals surface area contributed by atoms with Gasteiger partial charge in [-0.05, 0) is 18.2 Å². The molecule has 2 nitrogen and oxygen atoms in total.